The van der Waals surface area contributed by atoms with E-state index in [4.69, 9.17) is 14.5 Å². The van der Waals surface area contributed by atoms with E-state index in [1.165, 1.54) is 23.1 Å². The minimum absolute atomic E-state index is 0.0313. The number of nitrogens with one attached hydrogen (secondary N) is 1. The highest BCUT2D eigenvalue weighted by atomic mass is 32.2. The van der Waals surface area contributed by atoms with Crippen LogP contribution in [-0.2, 0) is 16.1 Å². The lowest BCUT2D eigenvalue weighted by Crippen LogP contribution is -2.28. The van der Waals surface area contributed by atoms with Gasteiger partial charge < -0.3 is 14.8 Å². The van der Waals surface area contributed by atoms with Crippen molar-refractivity contribution in [2.24, 2.45) is 0 Å². The third-order valence-electron chi connectivity index (χ3n) is 5.44. The maximum Gasteiger partial charge on any atom is 0.272 e. The monoisotopic (exact) mass is 482 g/mol. The lowest BCUT2D eigenvalue weighted by atomic mass is 10.2. The zero-order valence-corrected chi connectivity index (χ0v) is 19.6. The molecule has 170 valence electrons. The van der Waals surface area contributed by atoms with Crippen molar-refractivity contribution < 1.29 is 14.3 Å². The molecule has 3 aromatic heterocycles. The number of nitrogens with zero attached hydrogens (tertiary/aromatic N) is 3. The van der Waals surface area contributed by atoms with Gasteiger partial charge in [-0.25, -0.2) is 9.97 Å². The number of methoxy groups -OCH3 is 1. The van der Waals surface area contributed by atoms with E-state index in [2.05, 4.69) is 10.3 Å². The minimum Gasteiger partial charge on any atom is -0.495 e. The summed E-state index contributed by atoms with van der Waals surface area (Å²) in [7, 11) is 1.56. The number of anilines is 1. The molecule has 4 aromatic rings. The van der Waals surface area contributed by atoms with Crippen LogP contribution in [0, 0.1) is 0 Å². The molecule has 0 unspecified atom stereocenters. The third-order valence-corrected chi connectivity index (χ3v) is 7.51. The van der Waals surface area contributed by atoms with Gasteiger partial charge in [0.05, 0.1) is 36.7 Å². The van der Waals surface area contributed by atoms with E-state index in [-0.39, 0.29) is 23.3 Å². The first kappa shape index (κ1) is 21.9. The number of aromatic nitrogens is 3. The Bertz CT molecular complexity index is 1380. The summed E-state index contributed by atoms with van der Waals surface area (Å²) in [5.41, 5.74) is 1.11. The molecule has 0 bridgehead atoms. The number of hydrogen-bond donors (Lipinski definition) is 1. The van der Waals surface area contributed by atoms with Crippen LogP contribution in [0.1, 0.15) is 12.8 Å². The van der Waals surface area contributed by atoms with Crippen molar-refractivity contribution in [2.75, 3.05) is 24.8 Å². The molecule has 1 amide bonds. The molecule has 5 rings (SSSR count). The normalized spacial score (nSPS) is 15.8. The number of benzene rings is 1. The largest absolute Gasteiger partial charge is 0.495 e. The first-order valence-electron chi connectivity index (χ1n) is 10.6. The molecule has 1 saturated heterocycles. The molecule has 1 aromatic carbocycles. The second-order valence-electron chi connectivity index (χ2n) is 7.62. The Morgan fingerprint density at radius 2 is 2.21 bits per heavy atom. The molecule has 8 nitrogen and oxygen atoms in total. The maximum atomic E-state index is 13.4. The fraction of sp³-hybridized carbons (Fsp3) is 0.304. The molecule has 10 heteroatoms. The van der Waals surface area contributed by atoms with Crippen molar-refractivity contribution in [3.8, 4) is 5.75 Å². The Morgan fingerprint density at radius 1 is 1.33 bits per heavy atom. The fourth-order valence-corrected chi connectivity index (χ4v) is 5.70. The molecule has 1 atom stereocenters. The van der Waals surface area contributed by atoms with Crippen molar-refractivity contribution in [3.63, 3.8) is 0 Å². The number of thiophene rings is 1. The van der Waals surface area contributed by atoms with Gasteiger partial charge in [-0.15, -0.1) is 11.3 Å². The third kappa shape index (κ3) is 4.46. The Balaban J connectivity index is 1.46. The summed E-state index contributed by atoms with van der Waals surface area (Å²) in [5, 5.41) is 4.22. The van der Waals surface area contributed by atoms with Gasteiger partial charge in [0.25, 0.3) is 5.56 Å². The Hall–Kier alpha value is -2.95. The molecule has 1 N–H and O–H groups in total. The van der Waals surface area contributed by atoms with E-state index < -0.39 is 0 Å². The van der Waals surface area contributed by atoms with Gasteiger partial charge in [0.2, 0.25) is 5.91 Å². The van der Waals surface area contributed by atoms with Crippen LogP contribution in [0.15, 0.2) is 52.5 Å². The maximum absolute atomic E-state index is 13.4. The molecule has 4 heterocycles. The van der Waals surface area contributed by atoms with Crippen LogP contribution in [0.2, 0.25) is 0 Å². The van der Waals surface area contributed by atoms with Gasteiger partial charge in [-0.1, -0.05) is 23.9 Å². The lowest BCUT2D eigenvalue weighted by molar-refractivity contribution is -0.113. The summed E-state index contributed by atoms with van der Waals surface area (Å²) in [5.74, 6) is 0.476. The van der Waals surface area contributed by atoms with Crippen molar-refractivity contribution in [1.82, 2.24) is 14.5 Å². The van der Waals surface area contributed by atoms with Crippen molar-refractivity contribution in [1.29, 1.82) is 0 Å². The van der Waals surface area contributed by atoms with E-state index in [0.29, 0.717) is 40.0 Å². The zero-order valence-electron chi connectivity index (χ0n) is 17.9. The number of fused-ring (bicyclic) bond motifs is 3. The molecule has 0 aliphatic carbocycles. The van der Waals surface area contributed by atoms with Gasteiger partial charge in [0, 0.05) is 18.2 Å². The molecule has 33 heavy (non-hydrogen) atoms. The molecule has 0 radical (unpaired) electrons. The zero-order chi connectivity index (χ0) is 22.8. The lowest BCUT2D eigenvalue weighted by Gasteiger charge is -2.16. The van der Waals surface area contributed by atoms with Crippen LogP contribution in [0.5, 0.6) is 5.75 Å². The molecule has 1 aliphatic rings. The standard InChI is InChI=1S/C23H22N4O4S2/c1-30-17-9-3-2-8-16(17)25-18(28)13-32-23-26-19-15-7-4-10-24-21(15)33-20(19)22(29)27(23)12-14-6-5-11-31-14/h2-4,7-10,14H,5-6,11-13H2,1H3,(H,25,28)/t14-/m0/s1. The van der Waals surface area contributed by atoms with Crippen molar-refractivity contribution in [3.05, 3.63) is 52.9 Å². The number of rotatable bonds is 7. The van der Waals surface area contributed by atoms with E-state index >= 15 is 0 Å². The number of carbonyl (C=O) groups is 1. The summed E-state index contributed by atoms with van der Waals surface area (Å²) in [6.07, 6.45) is 3.56. The number of carbonyl (C=O) groups excluding carboxylic acids is 1. The minimum atomic E-state index is -0.209. The molecular weight excluding hydrogens is 460 g/mol. The summed E-state index contributed by atoms with van der Waals surface area (Å²) < 4.78 is 13.3. The Kier molecular flexibility index (Phi) is 6.30. The first-order chi connectivity index (χ1) is 16.1. The summed E-state index contributed by atoms with van der Waals surface area (Å²) in [6.45, 7) is 1.12. The SMILES string of the molecule is COc1ccccc1NC(=O)CSc1nc2c(sc3ncccc32)c(=O)n1C[C@@H]1CCCO1. The van der Waals surface area contributed by atoms with Crippen molar-refractivity contribution in [2.45, 2.75) is 30.6 Å². The number of amides is 1. The van der Waals surface area contributed by atoms with Crippen LogP contribution in [0.25, 0.3) is 20.4 Å². The second-order valence-corrected chi connectivity index (χ2v) is 9.56. The van der Waals surface area contributed by atoms with Gasteiger partial charge in [0.1, 0.15) is 15.3 Å². The second kappa shape index (κ2) is 9.50. The van der Waals surface area contributed by atoms with Gasteiger partial charge in [-0.3, -0.25) is 14.2 Å². The Labute approximate surface area is 197 Å². The highest BCUT2D eigenvalue weighted by Gasteiger charge is 2.22. The van der Waals surface area contributed by atoms with Crippen LogP contribution >= 0.6 is 23.1 Å². The predicted molar refractivity (Wildman–Crippen MR) is 131 cm³/mol. The highest BCUT2D eigenvalue weighted by Crippen LogP contribution is 2.31. The summed E-state index contributed by atoms with van der Waals surface area (Å²) >= 11 is 2.59. The smallest absolute Gasteiger partial charge is 0.272 e. The fourth-order valence-electron chi connectivity index (χ4n) is 3.87. The quantitative estimate of drug-likeness (QED) is 0.315. The number of pyridine rings is 1. The van der Waals surface area contributed by atoms with Gasteiger partial charge in [-0.2, -0.15) is 0 Å². The van der Waals surface area contributed by atoms with Crippen molar-refractivity contribution >= 4 is 55.1 Å². The van der Waals surface area contributed by atoms with Gasteiger partial charge in [-0.05, 0) is 37.1 Å². The Morgan fingerprint density at radius 3 is 3.03 bits per heavy atom. The predicted octanol–water partition coefficient (Wildman–Crippen LogP) is 3.92. The van der Waals surface area contributed by atoms with E-state index in [9.17, 15) is 9.59 Å². The first-order valence-corrected chi connectivity index (χ1v) is 12.4. The van der Waals surface area contributed by atoms with E-state index in [0.717, 1.165) is 23.1 Å². The molecular formula is C23H22N4O4S2. The number of thioether (sulfide) groups is 1. The number of hydrogen-bond acceptors (Lipinski definition) is 8. The summed E-state index contributed by atoms with van der Waals surface area (Å²) in [6, 6.07) is 11.0. The molecule has 0 saturated carbocycles. The van der Waals surface area contributed by atoms with Crippen LogP contribution in [0.4, 0.5) is 5.69 Å². The summed E-state index contributed by atoms with van der Waals surface area (Å²) in [4.78, 5) is 36.1. The molecule has 1 aliphatic heterocycles. The molecule has 1 fully saturated rings. The van der Waals surface area contributed by atoms with Crippen LogP contribution < -0.4 is 15.6 Å². The topological polar surface area (TPSA) is 95.3 Å². The van der Waals surface area contributed by atoms with Crippen LogP contribution in [0.3, 0.4) is 0 Å². The van der Waals surface area contributed by atoms with E-state index in [1.54, 1.807) is 30.0 Å². The molecule has 0 spiro atoms. The average Bonchev–Trinajstić information content (AvgIpc) is 3.48. The number of para-hydroxylation sites is 2. The van der Waals surface area contributed by atoms with Gasteiger partial charge in [0.15, 0.2) is 5.16 Å². The average molecular weight is 483 g/mol. The van der Waals surface area contributed by atoms with Gasteiger partial charge >= 0.3 is 0 Å². The van der Waals surface area contributed by atoms with Crippen LogP contribution in [-0.4, -0.2) is 46.0 Å². The number of ether oxygens (including phenoxy) is 2. The van der Waals surface area contributed by atoms with E-state index in [1.807, 2.05) is 24.3 Å². The highest BCUT2D eigenvalue weighted by molar-refractivity contribution is 7.99.